The van der Waals surface area contributed by atoms with Gasteiger partial charge in [-0.15, -0.1) is 12.4 Å². The van der Waals surface area contributed by atoms with E-state index < -0.39 is 12.1 Å². The van der Waals surface area contributed by atoms with Crippen molar-refractivity contribution in [2.24, 2.45) is 5.73 Å². The van der Waals surface area contributed by atoms with Crippen LogP contribution in [0.1, 0.15) is 28.0 Å². The predicted molar refractivity (Wildman–Crippen MR) is 103 cm³/mol. The van der Waals surface area contributed by atoms with Gasteiger partial charge < -0.3 is 25.6 Å². The van der Waals surface area contributed by atoms with Crippen molar-refractivity contribution < 1.29 is 19.4 Å². The molecule has 0 saturated carbocycles. The van der Waals surface area contributed by atoms with Crippen LogP contribution in [0, 0.1) is 6.92 Å². The van der Waals surface area contributed by atoms with Gasteiger partial charge in [-0.2, -0.15) is 0 Å². The lowest BCUT2D eigenvalue weighted by Gasteiger charge is -2.28. The SMILES string of the molecule is Cc1cc(CN)cc(Oc2cccc(C(=O)N[C@H]3COCC[C@@H]3O)c2)n1.Cl. The Morgan fingerprint density at radius 3 is 2.96 bits per heavy atom. The van der Waals surface area contributed by atoms with Gasteiger partial charge in [-0.1, -0.05) is 6.07 Å². The maximum absolute atomic E-state index is 12.5. The Balaban J connectivity index is 0.00000261. The molecular weight excluding hydrogens is 370 g/mol. The quantitative estimate of drug-likeness (QED) is 0.716. The summed E-state index contributed by atoms with van der Waals surface area (Å²) < 4.78 is 11.1. The normalized spacial score (nSPS) is 19.1. The lowest BCUT2D eigenvalue weighted by Crippen LogP contribution is -2.49. The fourth-order valence-electron chi connectivity index (χ4n) is 2.81. The summed E-state index contributed by atoms with van der Waals surface area (Å²) in [7, 11) is 0. The molecule has 1 aromatic heterocycles. The number of nitrogens with two attached hydrogens (primary N) is 1. The first-order valence-corrected chi connectivity index (χ1v) is 8.57. The van der Waals surface area contributed by atoms with Crippen molar-refractivity contribution in [3.63, 3.8) is 0 Å². The van der Waals surface area contributed by atoms with Gasteiger partial charge in [0.25, 0.3) is 5.91 Å². The Labute approximate surface area is 164 Å². The fraction of sp³-hybridized carbons (Fsp3) is 0.368. The molecule has 1 aromatic carbocycles. The zero-order valence-corrected chi connectivity index (χ0v) is 15.9. The van der Waals surface area contributed by atoms with E-state index in [2.05, 4.69) is 10.3 Å². The lowest BCUT2D eigenvalue weighted by atomic mass is 10.1. The minimum Gasteiger partial charge on any atom is -0.439 e. The molecule has 0 unspecified atom stereocenters. The van der Waals surface area contributed by atoms with E-state index >= 15 is 0 Å². The molecule has 1 aliphatic heterocycles. The van der Waals surface area contributed by atoms with E-state index in [1.807, 2.05) is 13.0 Å². The third kappa shape index (κ3) is 5.64. The van der Waals surface area contributed by atoms with Crippen molar-refractivity contribution >= 4 is 18.3 Å². The first-order chi connectivity index (χ1) is 12.5. The van der Waals surface area contributed by atoms with E-state index in [-0.39, 0.29) is 18.3 Å². The van der Waals surface area contributed by atoms with Crippen LogP contribution < -0.4 is 15.8 Å². The van der Waals surface area contributed by atoms with Crippen LogP contribution in [0.3, 0.4) is 0 Å². The van der Waals surface area contributed by atoms with Crippen molar-refractivity contribution in [3.05, 3.63) is 53.2 Å². The Morgan fingerprint density at radius 2 is 2.22 bits per heavy atom. The van der Waals surface area contributed by atoms with Gasteiger partial charge in [-0.25, -0.2) is 4.98 Å². The fourth-order valence-corrected chi connectivity index (χ4v) is 2.81. The van der Waals surface area contributed by atoms with Crippen molar-refractivity contribution in [3.8, 4) is 11.6 Å². The van der Waals surface area contributed by atoms with Crippen LogP contribution >= 0.6 is 12.4 Å². The molecule has 0 spiro atoms. The van der Waals surface area contributed by atoms with Gasteiger partial charge in [0.1, 0.15) is 5.75 Å². The monoisotopic (exact) mass is 393 g/mol. The molecule has 2 heterocycles. The number of amides is 1. The standard InChI is InChI=1S/C19H23N3O4.ClH/c1-12-7-13(10-20)8-18(21-12)26-15-4-2-3-14(9-15)19(24)22-16-11-25-6-5-17(16)23;/h2-4,7-9,16-17,23H,5-6,10-11,20H2,1H3,(H,22,24);1H/t16-,17-;/m0./s1. The highest BCUT2D eigenvalue weighted by Gasteiger charge is 2.25. The highest BCUT2D eigenvalue weighted by molar-refractivity contribution is 5.94. The molecule has 0 aliphatic carbocycles. The Bertz CT molecular complexity index is 787. The first-order valence-electron chi connectivity index (χ1n) is 8.57. The molecule has 27 heavy (non-hydrogen) atoms. The van der Waals surface area contributed by atoms with Crippen molar-refractivity contribution in [1.82, 2.24) is 10.3 Å². The summed E-state index contributed by atoms with van der Waals surface area (Å²) in [6, 6.07) is 10.1. The molecule has 0 bridgehead atoms. The summed E-state index contributed by atoms with van der Waals surface area (Å²) in [5.74, 6) is 0.642. The van der Waals surface area contributed by atoms with E-state index in [1.54, 1.807) is 30.3 Å². The minimum absolute atomic E-state index is 0. The molecule has 4 N–H and O–H groups in total. The number of carbonyl (C=O) groups excluding carboxylic acids is 1. The van der Waals surface area contributed by atoms with Gasteiger partial charge in [-0.05, 0) is 43.2 Å². The molecule has 2 aromatic rings. The molecule has 1 fully saturated rings. The lowest BCUT2D eigenvalue weighted by molar-refractivity contribution is -0.0140. The van der Waals surface area contributed by atoms with Crippen LogP contribution in [0.15, 0.2) is 36.4 Å². The third-order valence-electron chi connectivity index (χ3n) is 4.18. The van der Waals surface area contributed by atoms with Crippen molar-refractivity contribution in [1.29, 1.82) is 0 Å². The second kappa shape index (κ2) is 9.66. The van der Waals surface area contributed by atoms with E-state index in [1.165, 1.54) is 0 Å². The van der Waals surface area contributed by atoms with Gasteiger partial charge in [0.05, 0.1) is 18.8 Å². The average molecular weight is 394 g/mol. The molecule has 0 radical (unpaired) electrons. The maximum atomic E-state index is 12.5. The number of nitrogens with one attached hydrogen (secondary N) is 1. The molecule has 146 valence electrons. The molecule has 1 amide bonds. The Kier molecular flexibility index (Phi) is 7.55. The number of carbonyl (C=O) groups is 1. The van der Waals surface area contributed by atoms with Gasteiger partial charge in [0.15, 0.2) is 0 Å². The predicted octanol–water partition coefficient (Wildman–Crippen LogP) is 1.94. The largest absolute Gasteiger partial charge is 0.439 e. The smallest absolute Gasteiger partial charge is 0.251 e. The number of aryl methyl sites for hydroxylation is 1. The molecule has 2 atom stereocenters. The van der Waals surface area contributed by atoms with E-state index in [0.29, 0.717) is 43.4 Å². The molecule has 3 rings (SSSR count). The number of pyridine rings is 1. The zero-order valence-electron chi connectivity index (χ0n) is 15.1. The first kappa shape index (κ1) is 21.1. The summed E-state index contributed by atoms with van der Waals surface area (Å²) in [6.45, 7) is 3.07. The van der Waals surface area contributed by atoms with Crippen molar-refractivity contribution in [2.45, 2.75) is 32.0 Å². The Hall–Kier alpha value is -2.19. The van der Waals surface area contributed by atoms with Gasteiger partial charge in [-0.3, -0.25) is 4.79 Å². The number of hydrogen-bond acceptors (Lipinski definition) is 6. The summed E-state index contributed by atoms with van der Waals surface area (Å²) in [4.78, 5) is 16.8. The number of rotatable bonds is 5. The van der Waals surface area contributed by atoms with Gasteiger partial charge in [0.2, 0.25) is 5.88 Å². The van der Waals surface area contributed by atoms with Crippen molar-refractivity contribution in [2.75, 3.05) is 13.2 Å². The van der Waals surface area contributed by atoms with E-state index in [9.17, 15) is 9.90 Å². The van der Waals surface area contributed by atoms with Gasteiger partial charge >= 0.3 is 0 Å². The highest BCUT2D eigenvalue weighted by Crippen LogP contribution is 2.22. The summed E-state index contributed by atoms with van der Waals surface area (Å²) >= 11 is 0. The number of halogens is 1. The van der Waals surface area contributed by atoms with Crippen LogP contribution in [0.25, 0.3) is 0 Å². The second-order valence-corrected chi connectivity index (χ2v) is 6.30. The number of hydrogen-bond donors (Lipinski definition) is 3. The van der Waals surface area contributed by atoms with Gasteiger partial charge in [0, 0.05) is 30.5 Å². The summed E-state index contributed by atoms with van der Waals surface area (Å²) in [5, 5.41) is 12.8. The number of benzene rings is 1. The molecule has 8 heteroatoms. The van der Waals surface area contributed by atoms with Crippen LogP contribution in [-0.2, 0) is 11.3 Å². The van der Waals surface area contributed by atoms with Crippen LogP contribution in [-0.4, -0.2) is 41.4 Å². The van der Waals surface area contributed by atoms with E-state index in [4.69, 9.17) is 15.2 Å². The minimum atomic E-state index is -0.599. The zero-order chi connectivity index (χ0) is 18.5. The number of aliphatic hydroxyl groups is 1. The molecule has 1 aliphatic rings. The summed E-state index contributed by atoms with van der Waals surface area (Å²) in [5.41, 5.74) is 7.85. The second-order valence-electron chi connectivity index (χ2n) is 6.30. The number of ether oxygens (including phenoxy) is 2. The highest BCUT2D eigenvalue weighted by atomic mass is 35.5. The third-order valence-corrected chi connectivity index (χ3v) is 4.18. The topological polar surface area (TPSA) is 107 Å². The Morgan fingerprint density at radius 1 is 1.41 bits per heavy atom. The number of aromatic nitrogens is 1. The molecule has 1 saturated heterocycles. The summed E-state index contributed by atoms with van der Waals surface area (Å²) in [6.07, 6.45) is -0.0883. The van der Waals surface area contributed by atoms with Crippen LogP contribution in [0.2, 0.25) is 0 Å². The number of nitrogens with zero attached hydrogens (tertiary/aromatic N) is 1. The molecule has 7 nitrogen and oxygen atoms in total. The van der Waals surface area contributed by atoms with E-state index in [0.717, 1.165) is 11.3 Å². The number of aliphatic hydroxyl groups excluding tert-OH is 1. The van der Waals surface area contributed by atoms with Crippen LogP contribution in [0.5, 0.6) is 11.6 Å². The maximum Gasteiger partial charge on any atom is 0.251 e. The van der Waals surface area contributed by atoms with Crippen LogP contribution in [0.4, 0.5) is 0 Å². The molecular formula is C19H24ClN3O4. The average Bonchev–Trinajstić information content (AvgIpc) is 2.63.